The van der Waals surface area contributed by atoms with Gasteiger partial charge in [0, 0.05) is 12.1 Å². The molecule has 0 unspecified atom stereocenters. The summed E-state index contributed by atoms with van der Waals surface area (Å²) >= 11 is 0. The van der Waals surface area contributed by atoms with Gasteiger partial charge in [-0.2, -0.15) is 5.10 Å². The Hall–Kier alpha value is -4.08. The van der Waals surface area contributed by atoms with E-state index in [-0.39, 0.29) is 23.6 Å². The molecule has 2 aromatic carbocycles. The zero-order valence-electron chi connectivity index (χ0n) is 16.7. The molecule has 10 nitrogen and oxygen atoms in total. The predicted molar refractivity (Wildman–Crippen MR) is 109 cm³/mol. The minimum atomic E-state index is -1.80. The van der Waals surface area contributed by atoms with E-state index in [9.17, 15) is 24.5 Å². The molecule has 0 saturated carbocycles. The molecule has 2 aliphatic heterocycles. The number of nitro groups is 1. The number of benzene rings is 2. The number of fused-ring (bicyclic) bond motifs is 1. The Morgan fingerprint density at radius 1 is 1.26 bits per heavy atom. The molecule has 0 aromatic heterocycles. The summed E-state index contributed by atoms with van der Waals surface area (Å²) in [7, 11) is 0. The average Bonchev–Trinajstić information content (AvgIpc) is 3.24. The van der Waals surface area contributed by atoms with Gasteiger partial charge in [-0.05, 0) is 37.1 Å². The van der Waals surface area contributed by atoms with E-state index in [1.54, 1.807) is 25.1 Å². The number of hydrazone groups is 1. The van der Waals surface area contributed by atoms with Crippen LogP contribution < -0.4 is 10.3 Å². The molecule has 0 aliphatic carbocycles. The van der Waals surface area contributed by atoms with Gasteiger partial charge in [-0.1, -0.05) is 24.3 Å². The highest BCUT2D eigenvalue weighted by Crippen LogP contribution is 2.45. The molecule has 158 valence electrons. The summed E-state index contributed by atoms with van der Waals surface area (Å²) in [6.07, 6.45) is 0. The number of hydrogen-bond donors (Lipinski definition) is 1. The van der Waals surface area contributed by atoms with E-state index in [4.69, 9.17) is 4.74 Å². The zero-order chi connectivity index (χ0) is 22.3. The van der Waals surface area contributed by atoms with Crippen LogP contribution in [0.1, 0.15) is 18.1 Å². The molecule has 1 N–H and O–H groups in total. The first-order valence-electron chi connectivity index (χ1n) is 9.53. The first-order valence-corrected chi connectivity index (χ1v) is 9.53. The van der Waals surface area contributed by atoms with Crippen molar-refractivity contribution in [2.45, 2.75) is 19.4 Å². The van der Waals surface area contributed by atoms with Crippen LogP contribution in [-0.2, 0) is 24.7 Å². The summed E-state index contributed by atoms with van der Waals surface area (Å²) in [5, 5.41) is 15.3. The highest BCUT2D eigenvalue weighted by Gasteiger charge is 2.67. The molecule has 2 aliphatic rings. The number of hydrogen-bond acceptors (Lipinski definition) is 8. The number of imide groups is 1. The zero-order valence-corrected chi connectivity index (χ0v) is 16.7. The molecular formula is C21H18N4O6. The van der Waals surface area contributed by atoms with Crippen molar-refractivity contribution in [1.29, 1.82) is 0 Å². The summed E-state index contributed by atoms with van der Waals surface area (Å²) < 4.78 is 5.02. The lowest BCUT2D eigenvalue weighted by Crippen LogP contribution is -2.48. The van der Waals surface area contributed by atoms with Crippen LogP contribution in [0.25, 0.3) is 0 Å². The van der Waals surface area contributed by atoms with Crippen LogP contribution in [0, 0.1) is 23.0 Å². The standard InChI is InChI=1S/C21H18N4O6/c1-3-31-19(27)17-16-18(26)24(14-8-4-6-12(2)10-14)20(28)21(16,23-22-17)13-7-5-9-15(11-13)25(29)30/h4-11,16,23H,3H2,1-2H3/t16-,21-/m1/s1. The van der Waals surface area contributed by atoms with Gasteiger partial charge in [0.1, 0.15) is 5.92 Å². The molecule has 0 bridgehead atoms. The minimum Gasteiger partial charge on any atom is -0.461 e. The number of ether oxygens (including phenoxy) is 1. The molecule has 1 fully saturated rings. The van der Waals surface area contributed by atoms with E-state index in [1.165, 1.54) is 24.3 Å². The number of carbonyl (C=O) groups excluding carboxylic acids is 3. The van der Waals surface area contributed by atoms with Crippen LogP contribution in [0.5, 0.6) is 0 Å². The third-order valence-corrected chi connectivity index (χ3v) is 5.32. The van der Waals surface area contributed by atoms with Crippen molar-refractivity contribution < 1.29 is 24.0 Å². The predicted octanol–water partition coefficient (Wildman–Crippen LogP) is 1.81. The van der Waals surface area contributed by atoms with E-state index in [0.29, 0.717) is 5.69 Å². The maximum Gasteiger partial charge on any atom is 0.355 e. The lowest BCUT2D eigenvalue weighted by atomic mass is 9.78. The monoisotopic (exact) mass is 422 g/mol. The molecule has 10 heteroatoms. The largest absolute Gasteiger partial charge is 0.461 e. The fourth-order valence-electron chi connectivity index (χ4n) is 3.96. The minimum absolute atomic E-state index is 0.0537. The normalized spacial score (nSPS) is 22.1. The fourth-order valence-corrected chi connectivity index (χ4v) is 3.96. The fraction of sp³-hybridized carbons (Fsp3) is 0.238. The van der Waals surface area contributed by atoms with E-state index in [0.717, 1.165) is 10.5 Å². The average molecular weight is 422 g/mol. The Bertz CT molecular complexity index is 1160. The first-order chi connectivity index (χ1) is 14.8. The second kappa shape index (κ2) is 7.31. The van der Waals surface area contributed by atoms with Crippen LogP contribution in [0.3, 0.4) is 0 Å². The number of nitro benzene ring substituents is 1. The number of anilines is 1. The Morgan fingerprint density at radius 3 is 2.68 bits per heavy atom. The van der Waals surface area contributed by atoms with E-state index in [2.05, 4.69) is 10.5 Å². The lowest BCUT2D eigenvalue weighted by Gasteiger charge is -2.26. The Balaban J connectivity index is 1.90. The van der Waals surface area contributed by atoms with Gasteiger partial charge in [-0.3, -0.25) is 25.1 Å². The second-order valence-corrected chi connectivity index (χ2v) is 7.20. The van der Waals surface area contributed by atoms with Crippen LogP contribution in [0.4, 0.5) is 11.4 Å². The van der Waals surface area contributed by atoms with Crippen molar-refractivity contribution in [2.24, 2.45) is 11.0 Å². The van der Waals surface area contributed by atoms with Crippen molar-refractivity contribution >= 4 is 34.9 Å². The maximum absolute atomic E-state index is 13.7. The number of amides is 2. The van der Waals surface area contributed by atoms with Crippen molar-refractivity contribution in [3.8, 4) is 0 Å². The summed E-state index contributed by atoms with van der Waals surface area (Å²) in [6.45, 7) is 3.48. The third kappa shape index (κ3) is 2.95. The van der Waals surface area contributed by atoms with Gasteiger partial charge in [0.25, 0.3) is 11.6 Å². The van der Waals surface area contributed by atoms with Gasteiger partial charge in [0.05, 0.1) is 17.2 Å². The van der Waals surface area contributed by atoms with Crippen LogP contribution in [0.15, 0.2) is 53.6 Å². The van der Waals surface area contributed by atoms with Gasteiger partial charge >= 0.3 is 5.97 Å². The highest BCUT2D eigenvalue weighted by atomic mass is 16.6. The molecule has 0 spiro atoms. The van der Waals surface area contributed by atoms with E-state index < -0.39 is 34.2 Å². The number of non-ortho nitro benzene ring substituents is 1. The Kier molecular flexibility index (Phi) is 4.77. The second-order valence-electron chi connectivity index (χ2n) is 7.20. The molecule has 2 heterocycles. The van der Waals surface area contributed by atoms with Gasteiger partial charge in [0.15, 0.2) is 11.3 Å². The number of carbonyl (C=O) groups is 3. The Labute approximate surface area is 176 Å². The van der Waals surface area contributed by atoms with Crippen molar-refractivity contribution in [1.82, 2.24) is 5.43 Å². The molecule has 2 atom stereocenters. The molecule has 0 radical (unpaired) electrons. The number of esters is 1. The quantitative estimate of drug-likeness (QED) is 0.336. The molecule has 4 rings (SSSR count). The van der Waals surface area contributed by atoms with Crippen molar-refractivity contribution in [2.75, 3.05) is 11.5 Å². The number of rotatable bonds is 5. The smallest absolute Gasteiger partial charge is 0.355 e. The molecule has 2 aromatic rings. The molecule has 31 heavy (non-hydrogen) atoms. The molecule has 2 amide bonds. The SMILES string of the molecule is CCOC(=O)C1=NN[C@@]2(c3cccc([N+](=O)[O-])c3)C(=O)N(c3cccc(C)c3)C(=O)[C@@H]12. The highest BCUT2D eigenvalue weighted by molar-refractivity contribution is 6.47. The van der Waals surface area contributed by atoms with Gasteiger partial charge < -0.3 is 4.74 Å². The number of nitrogens with zero attached hydrogens (tertiary/aromatic N) is 3. The number of nitrogens with one attached hydrogen (secondary N) is 1. The summed E-state index contributed by atoms with van der Waals surface area (Å²) in [5.41, 5.74) is 1.66. The molecular weight excluding hydrogens is 404 g/mol. The maximum atomic E-state index is 13.7. The summed E-state index contributed by atoms with van der Waals surface area (Å²) in [6, 6.07) is 12.2. The third-order valence-electron chi connectivity index (χ3n) is 5.32. The van der Waals surface area contributed by atoms with E-state index in [1.807, 2.05) is 13.0 Å². The van der Waals surface area contributed by atoms with Gasteiger partial charge in [0.2, 0.25) is 5.91 Å². The van der Waals surface area contributed by atoms with Gasteiger partial charge in [-0.25, -0.2) is 9.69 Å². The topological polar surface area (TPSA) is 131 Å². The van der Waals surface area contributed by atoms with Crippen LogP contribution in [-0.4, -0.2) is 35.0 Å². The van der Waals surface area contributed by atoms with Crippen molar-refractivity contribution in [3.05, 3.63) is 69.8 Å². The number of aryl methyl sites for hydroxylation is 1. The van der Waals surface area contributed by atoms with Gasteiger partial charge in [-0.15, -0.1) is 0 Å². The lowest BCUT2D eigenvalue weighted by molar-refractivity contribution is -0.385. The first kappa shape index (κ1) is 20.2. The van der Waals surface area contributed by atoms with Crippen LogP contribution >= 0.6 is 0 Å². The molecule has 1 saturated heterocycles. The summed E-state index contributed by atoms with van der Waals surface area (Å²) in [4.78, 5) is 51.3. The van der Waals surface area contributed by atoms with Crippen molar-refractivity contribution in [3.63, 3.8) is 0 Å². The van der Waals surface area contributed by atoms with E-state index >= 15 is 0 Å². The summed E-state index contributed by atoms with van der Waals surface area (Å²) in [5.74, 6) is -3.52. The Morgan fingerprint density at radius 2 is 2.00 bits per heavy atom. The van der Waals surface area contributed by atoms with Crippen LogP contribution in [0.2, 0.25) is 0 Å².